The van der Waals surface area contributed by atoms with Gasteiger partial charge in [-0.25, -0.2) is 4.79 Å². The molecule has 0 bridgehead atoms. The number of hydrogen-bond acceptors (Lipinski definition) is 5. The van der Waals surface area contributed by atoms with Crippen molar-refractivity contribution in [3.05, 3.63) is 35.9 Å². The summed E-state index contributed by atoms with van der Waals surface area (Å²) in [7, 11) is 0. The Hall–Kier alpha value is -2.55. The summed E-state index contributed by atoms with van der Waals surface area (Å²) in [6, 6.07) is 10.5. The van der Waals surface area contributed by atoms with E-state index in [9.17, 15) is 14.9 Å². The van der Waals surface area contributed by atoms with E-state index in [1.54, 1.807) is 20.8 Å². The third-order valence-corrected chi connectivity index (χ3v) is 2.79. The van der Waals surface area contributed by atoms with Crippen LogP contribution in [0, 0.1) is 11.3 Å². The van der Waals surface area contributed by atoms with E-state index in [1.165, 1.54) is 6.92 Å². The number of carbonyl (C=O) groups excluding carboxylic acids is 2. The fraction of sp³-hybridized carbons (Fsp3) is 0.471. The topological polar surface area (TPSA) is 88.4 Å². The Morgan fingerprint density at radius 2 is 1.87 bits per heavy atom. The van der Waals surface area contributed by atoms with E-state index < -0.39 is 29.8 Å². The van der Waals surface area contributed by atoms with Crippen molar-refractivity contribution in [2.24, 2.45) is 0 Å². The highest BCUT2D eigenvalue weighted by Crippen LogP contribution is 2.12. The van der Waals surface area contributed by atoms with Crippen molar-refractivity contribution < 1.29 is 19.1 Å². The van der Waals surface area contributed by atoms with Crippen molar-refractivity contribution in [1.82, 2.24) is 5.32 Å². The minimum atomic E-state index is -1.10. The molecule has 1 aromatic rings. The number of carbonyl (C=O) groups is 2. The Balaban J connectivity index is 2.89. The number of nitrogens with one attached hydrogen (secondary N) is 1. The molecule has 1 aromatic carbocycles. The summed E-state index contributed by atoms with van der Waals surface area (Å²) < 4.78 is 10.2. The van der Waals surface area contributed by atoms with Gasteiger partial charge >= 0.3 is 12.1 Å². The predicted molar refractivity (Wildman–Crippen MR) is 84.5 cm³/mol. The lowest BCUT2D eigenvalue weighted by Crippen LogP contribution is -2.47. The van der Waals surface area contributed by atoms with Crippen molar-refractivity contribution in [3.8, 4) is 6.07 Å². The first kappa shape index (κ1) is 18.5. The molecule has 124 valence electrons. The first-order chi connectivity index (χ1) is 10.7. The summed E-state index contributed by atoms with van der Waals surface area (Å²) in [6.07, 6.45) is -1.42. The van der Waals surface area contributed by atoms with E-state index in [4.69, 9.17) is 9.47 Å². The highest BCUT2D eigenvalue weighted by atomic mass is 16.6. The van der Waals surface area contributed by atoms with Crippen molar-refractivity contribution in [2.75, 3.05) is 0 Å². The van der Waals surface area contributed by atoms with E-state index >= 15 is 0 Å². The normalized spacial score (nSPS) is 13.3. The quantitative estimate of drug-likeness (QED) is 0.843. The van der Waals surface area contributed by atoms with Crippen molar-refractivity contribution in [2.45, 2.75) is 51.9 Å². The molecule has 0 saturated carbocycles. The van der Waals surface area contributed by atoms with Crippen LogP contribution in [-0.2, 0) is 20.7 Å². The van der Waals surface area contributed by atoms with Crippen LogP contribution in [0.25, 0.3) is 0 Å². The molecule has 0 aromatic heterocycles. The van der Waals surface area contributed by atoms with Crippen LogP contribution in [0.5, 0.6) is 0 Å². The molecule has 0 spiro atoms. The number of nitriles is 1. The number of benzene rings is 1. The molecule has 1 N–H and O–H groups in total. The predicted octanol–water partition coefficient (Wildman–Crippen LogP) is 2.58. The van der Waals surface area contributed by atoms with Crippen LogP contribution in [0.1, 0.15) is 33.3 Å². The molecular weight excluding hydrogens is 296 g/mol. The number of nitrogens with zero attached hydrogens (tertiary/aromatic N) is 1. The Bertz CT molecular complexity index is 572. The van der Waals surface area contributed by atoms with E-state index in [0.29, 0.717) is 6.42 Å². The second kappa shape index (κ2) is 8.18. The van der Waals surface area contributed by atoms with Gasteiger partial charge in [0.05, 0.1) is 6.04 Å². The minimum Gasteiger partial charge on any atom is -0.445 e. The maximum Gasteiger partial charge on any atom is 0.408 e. The molecule has 0 aliphatic heterocycles. The summed E-state index contributed by atoms with van der Waals surface area (Å²) in [6.45, 7) is 6.45. The molecule has 0 aliphatic carbocycles. The highest BCUT2D eigenvalue weighted by Gasteiger charge is 2.28. The van der Waals surface area contributed by atoms with Gasteiger partial charge in [-0.2, -0.15) is 5.26 Å². The second-order valence-electron chi connectivity index (χ2n) is 6.10. The van der Waals surface area contributed by atoms with Gasteiger partial charge in [0.2, 0.25) is 6.10 Å². The SMILES string of the molecule is CC(=O)OC(C#N)C(Cc1ccccc1)NC(=O)OC(C)(C)C. The monoisotopic (exact) mass is 318 g/mol. The molecule has 1 amide bonds. The van der Waals surface area contributed by atoms with Gasteiger partial charge in [-0.15, -0.1) is 0 Å². The molecule has 1 rings (SSSR count). The van der Waals surface area contributed by atoms with E-state index in [0.717, 1.165) is 5.56 Å². The molecule has 0 radical (unpaired) electrons. The lowest BCUT2D eigenvalue weighted by atomic mass is 10.0. The molecule has 0 heterocycles. The standard InChI is InChI=1S/C17H22N2O4/c1-12(20)22-15(11-18)14(10-13-8-6-5-7-9-13)19-16(21)23-17(2,3)4/h5-9,14-15H,10H2,1-4H3,(H,19,21). The van der Waals surface area contributed by atoms with E-state index in [-0.39, 0.29) is 0 Å². The van der Waals surface area contributed by atoms with Gasteiger partial charge in [-0.05, 0) is 32.8 Å². The average Bonchev–Trinajstić information content (AvgIpc) is 2.43. The van der Waals surface area contributed by atoms with Crippen molar-refractivity contribution >= 4 is 12.1 Å². The molecule has 0 aliphatic rings. The van der Waals surface area contributed by atoms with Gasteiger partial charge in [-0.1, -0.05) is 30.3 Å². The summed E-state index contributed by atoms with van der Waals surface area (Å²) in [5.74, 6) is -0.583. The van der Waals surface area contributed by atoms with Gasteiger partial charge in [0.15, 0.2) is 0 Å². The zero-order valence-electron chi connectivity index (χ0n) is 13.8. The number of hydrogen-bond donors (Lipinski definition) is 1. The number of ether oxygens (including phenoxy) is 2. The first-order valence-corrected chi connectivity index (χ1v) is 7.31. The van der Waals surface area contributed by atoms with Crippen molar-refractivity contribution in [3.63, 3.8) is 0 Å². The van der Waals surface area contributed by atoms with Crippen LogP contribution in [-0.4, -0.2) is 29.8 Å². The van der Waals surface area contributed by atoms with Crippen LogP contribution >= 0.6 is 0 Å². The number of esters is 1. The van der Waals surface area contributed by atoms with Gasteiger partial charge in [0.25, 0.3) is 0 Å². The lowest BCUT2D eigenvalue weighted by molar-refractivity contribution is -0.145. The maximum absolute atomic E-state index is 12.0. The van der Waals surface area contributed by atoms with Crippen LogP contribution in [0.15, 0.2) is 30.3 Å². The highest BCUT2D eigenvalue weighted by molar-refractivity contribution is 5.69. The summed E-state index contributed by atoms with van der Waals surface area (Å²) >= 11 is 0. The third-order valence-electron chi connectivity index (χ3n) is 2.79. The molecule has 6 heteroatoms. The van der Waals surface area contributed by atoms with E-state index in [1.807, 2.05) is 36.4 Å². The largest absolute Gasteiger partial charge is 0.445 e. The number of amides is 1. The smallest absolute Gasteiger partial charge is 0.408 e. The summed E-state index contributed by atoms with van der Waals surface area (Å²) in [5.41, 5.74) is 0.242. The molecule has 23 heavy (non-hydrogen) atoms. The third kappa shape index (κ3) is 7.32. The average molecular weight is 318 g/mol. The molecule has 0 fully saturated rings. The molecule has 6 nitrogen and oxygen atoms in total. The fourth-order valence-electron chi connectivity index (χ4n) is 1.94. The Kier molecular flexibility index (Phi) is 6.58. The molecule has 2 atom stereocenters. The second-order valence-corrected chi connectivity index (χ2v) is 6.10. The lowest BCUT2D eigenvalue weighted by Gasteiger charge is -2.26. The first-order valence-electron chi connectivity index (χ1n) is 7.31. The van der Waals surface area contributed by atoms with Crippen LogP contribution in [0.2, 0.25) is 0 Å². The Morgan fingerprint density at radius 3 is 2.35 bits per heavy atom. The number of rotatable bonds is 5. The van der Waals surface area contributed by atoms with Crippen molar-refractivity contribution in [1.29, 1.82) is 5.26 Å². The van der Waals surface area contributed by atoms with E-state index in [2.05, 4.69) is 5.32 Å². The minimum absolute atomic E-state index is 0.339. The Morgan fingerprint density at radius 1 is 1.26 bits per heavy atom. The van der Waals surface area contributed by atoms with Gasteiger partial charge in [0.1, 0.15) is 11.7 Å². The zero-order valence-corrected chi connectivity index (χ0v) is 13.8. The summed E-state index contributed by atoms with van der Waals surface area (Å²) in [4.78, 5) is 23.1. The number of alkyl carbamates (subject to hydrolysis) is 1. The van der Waals surface area contributed by atoms with Gasteiger partial charge < -0.3 is 14.8 Å². The fourth-order valence-corrected chi connectivity index (χ4v) is 1.94. The molecular formula is C17H22N2O4. The Labute approximate surface area is 136 Å². The molecule has 0 saturated heterocycles. The van der Waals surface area contributed by atoms with Crippen LogP contribution < -0.4 is 5.32 Å². The maximum atomic E-state index is 12.0. The summed E-state index contributed by atoms with van der Waals surface area (Å²) in [5, 5.41) is 11.9. The van der Waals surface area contributed by atoms with Gasteiger partial charge in [-0.3, -0.25) is 4.79 Å². The van der Waals surface area contributed by atoms with Gasteiger partial charge in [0, 0.05) is 6.92 Å². The zero-order chi connectivity index (χ0) is 17.5. The van der Waals surface area contributed by atoms with Crippen LogP contribution in [0.3, 0.4) is 0 Å². The molecule has 2 unspecified atom stereocenters. The van der Waals surface area contributed by atoms with Crippen LogP contribution in [0.4, 0.5) is 4.79 Å².